The summed E-state index contributed by atoms with van der Waals surface area (Å²) >= 11 is 0. The Balaban J connectivity index is 1.50. The van der Waals surface area contributed by atoms with Gasteiger partial charge in [0.1, 0.15) is 5.75 Å². The van der Waals surface area contributed by atoms with E-state index in [1.54, 1.807) is 25.3 Å². The van der Waals surface area contributed by atoms with Crippen LogP contribution >= 0.6 is 0 Å². The second-order valence-electron chi connectivity index (χ2n) is 9.32. The van der Waals surface area contributed by atoms with Crippen LogP contribution in [0.15, 0.2) is 71.6 Å². The van der Waals surface area contributed by atoms with Crippen molar-refractivity contribution in [3.8, 4) is 5.75 Å². The smallest absolute Gasteiger partial charge is 0.328 e. The topological polar surface area (TPSA) is 120 Å². The number of sulfone groups is 1. The molecule has 0 radical (unpaired) electrons. The van der Waals surface area contributed by atoms with Gasteiger partial charge in [-0.2, -0.15) is 0 Å². The average molecular weight is 537 g/mol. The predicted octanol–water partition coefficient (Wildman–Crippen LogP) is 5.87. The van der Waals surface area contributed by atoms with E-state index in [4.69, 9.17) is 15.6 Å². The van der Waals surface area contributed by atoms with Gasteiger partial charge in [0.25, 0.3) is 0 Å². The van der Waals surface area contributed by atoms with Gasteiger partial charge in [-0.15, -0.1) is 0 Å². The first-order valence-corrected chi connectivity index (χ1v) is 14.5. The number of pyridine rings is 1. The molecular formula is C30H36N2O5S. The molecule has 0 aliphatic rings. The Morgan fingerprint density at radius 2 is 1.63 bits per heavy atom. The normalized spacial score (nSPS) is 11.6. The van der Waals surface area contributed by atoms with E-state index < -0.39 is 15.8 Å². The number of hydrogen-bond acceptors (Lipinski definition) is 6. The Kier molecular flexibility index (Phi) is 10.9. The van der Waals surface area contributed by atoms with Crippen LogP contribution < -0.4 is 10.5 Å². The zero-order valence-corrected chi connectivity index (χ0v) is 22.6. The van der Waals surface area contributed by atoms with Gasteiger partial charge >= 0.3 is 5.97 Å². The lowest BCUT2D eigenvalue weighted by molar-refractivity contribution is -0.131. The summed E-state index contributed by atoms with van der Waals surface area (Å²) in [5, 5.41) is 9.08. The maximum Gasteiger partial charge on any atom is 0.328 e. The molecule has 0 amide bonds. The Morgan fingerprint density at radius 3 is 2.29 bits per heavy atom. The van der Waals surface area contributed by atoms with Crippen molar-refractivity contribution in [2.24, 2.45) is 0 Å². The maximum absolute atomic E-state index is 12.8. The van der Waals surface area contributed by atoms with Gasteiger partial charge in [0.2, 0.25) is 0 Å². The summed E-state index contributed by atoms with van der Waals surface area (Å²) in [6.45, 7) is 0. The van der Waals surface area contributed by atoms with E-state index in [9.17, 15) is 13.2 Å². The summed E-state index contributed by atoms with van der Waals surface area (Å²) in [7, 11) is -1.97. The number of hydrogen-bond donors (Lipinski definition) is 2. The third-order valence-electron chi connectivity index (χ3n) is 6.33. The average Bonchev–Trinajstić information content (AvgIpc) is 2.90. The van der Waals surface area contributed by atoms with Crippen molar-refractivity contribution in [3.63, 3.8) is 0 Å². The summed E-state index contributed by atoms with van der Waals surface area (Å²) in [6, 6.07) is 17.9. The number of aliphatic carboxylic acids is 1. The molecule has 1 aromatic heterocycles. The van der Waals surface area contributed by atoms with Crippen LogP contribution in [0.25, 0.3) is 6.08 Å². The van der Waals surface area contributed by atoms with E-state index in [0.717, 1.165) is 55.9 Å². The van der Waals surface area contributed by atoms with Crippen LogP contribution in [0.2, 0.25) is 0 Å². The maximum atomic E-state index is 12.8. The largest absolute Gasteiger partial charge is 0.497 e. The number of rotatable bonds is 15. The van der Waals surface area contributed by atoms with Gasteiger partial charge in [-0.1, -0.05) is 49.9 Å². The number of carboxylic acid groups (broad SMARTS) is 1. The fraction of sp³-hybridized carbons (Fsp3) is 0.333. The van der Waals surface area contributed by atoms with Crippen molar-refractivity contribution in [3.05, 3.63) is 89.3 Å². The predicted molar refractivity (Wildman–Crippen MR) is 151 cm³/mol. The quantitative estimate of drug-likeness (QED) is 0.142. The van der Waals surface area contributed by atoms with E-state index in [1.165, 1.54) is 36.6 Å². The molecule has 0 unspecified atom stereocenters. The highest BCUT2D eigenvalue weighted by Crippen LogP contribution is 2.21. The van der Waals surface area contributed by atoms with E-state index in [-0.39, 0.29) is 10.6 Å². The standard InChI is InChI=1S/C30H36N2O5S/c1-37-27-17-13-23(14-18-27)9-6-4-2-3-5-7-10-24-15-16-26(32-29(24)19-20-30(33)34)22-38(35,36)28-12-8-11-25(31)21-28/h8,11-21H,2-7,9-10,22,31H2,1H3,(H,33,34)/b20-19+. The molecule has 8 heteroatoms. The van der Waals surface area contributed by atoms with Crippen LogP contribution in [0.3, 0.4) is 0 Å². The van der Waals surface area contributed by atoms with Crippen molar-refractivity contribution in [1.82, 2.24) is 4.98 Å². The molecule has 7 nitrogen and oxygen atoms in total. The summed E-state index contributed by atoms with van der Waals surface area (Å²) in [5.74, 6) is -0.491. The van der Waals surface area contributed by atoms with Crippen molar-refractivity contribution in [2.75, 3.05) is 12.8 Å². The third kappa shape index (κ3) is 9.34. The molecule has 3 N–H and O–H groups in total. The second-order valence-corrected chi connectivity index (χ2v) is 11.3. The molecule has 0 spiro atoms. The van der Waals surface area contributed by atoms with E-state index in [2.05, 4.69) is 17.1 Å². The monoisotopic (exact) mass is 536 g/mol. The van der Waals surface area contributed by atoms with Crippen LogP contribution in [0.5, 0.6) is 5.75 Å². The van der Waals surface area contributed by atoms with Gasteiger partial charge in [0.05, 0.1) is 29.1 Å². The minimum atomic E-state index is -3.64. The number of nitrogens with two attached hydrogens (primary N) is 1. The zero-order chi connectivity index (χ0) is 27.4. The number of nitrogen functional groups attached to an aromatic ring is 1. The third-order valence-corrected chi connectivity index (χ3v) is 7.98. The molecule has 0 bridgehead atoms. The number of unbranched alkanes of at least 4 members (excludes halogenated alkanes) is 5. The fourth-order valence-corrected chi connectivity index (χ4v) is 5.58. The minimum Gasteiger partial charge on any atom is -0.497 e. The number of carboxylic acids is 1. The van der Waals surface area contributed by atoms with Crippen molar-refractivity contribution in [2.45, 2.75) is 62.0 Å². The number of anilines is 1. The Labute approximate surface area is 225 Å². The first kappa shape index (κ1) is 28.9. The molecule has 2 aromatic carbocycles. The van der Waals surface area contributed by atoms with Crippen molar-refractivity contribution < 1.29 is 23.1 Å². The van der Waals surface area contributed by atoms with Gasteiger partial charge in [-0.05, 0) is 79.3 Å². The summed E-state index contributed by atoms with van der Waals surface area (Å²) in [6.07, 6.45) is 10.9. The molecule has 1 heterocycles. The van der Waals surface area contributed by atoms with Crippen LogP contribution in [0.1, 0.15) is 61.0 Å². The summed E-state index contributed by atoms with van der Waals surface area (Å²) in [5.41, 5.74) is 9.19. The van der Waals surface area contributed by atoms with E-state index in [0.29, 0.717) is 17.1 Å². The van der Waals surface area contributed by atoms with Crippen LogP contribution in [-0.2, 0) is 33.2 Å². The van der Waals surface area contributed by atoms with Crippen LogP contribution in [0.4, 0.5) is 5.69 Å². The number of aromatic nitrogens is 1. The molecule has 0 saturated carbocycles. The van der Waals surface area contributed by atoms with Gasteiger partial charge in [0, 0.05) is 11.8 Å². The van der Waals surface area contributed by atoms with Gasteiger partial charge in [0.15, 0.2) is 9.84 Å². The van der Waals surface area contributed by atoms with Crippen molar-refractivity contribution in [1.29, 1.82) is 0 Å². The first-order chi connectivity index (χ1) is 18.3. The summed E-state index contributed by atoms with van der Waals surface area (Å²) in [4.78, 5) is 15.7. The number of aryl methyl sites for hydroxylation is 2. The lowest BCUT2D eigenvalue weighted by Crippen LogP contribution is -2.08. The first-order valence-electron chi connectivity index (χ1n) is 12.9. The molecule has 3 aromatic rings. The highest BCUT2D eigenvalue weighted by atomic mass is 32.2. The Bertz CT molecular complexity index is 1340. The number of ether oxygens (including phenoxy) is 1. The Morgan fingerprint density at radius 1 is 0.947 bits per heavy atom. The van der Waals surface area contributed by atoms with Crippen molar-refractivity contribution >= 4 is 27.6 Å². The molecule has 3 rings (SSSR count). The number of nitrogens with zero attached hydrogens (tertiary/aromatic N) is 1. The molecule has 38 heavy (non-hydrogen) atoms. The lowest BCUT2D eigenvalue weighted by Gasteiger charge is -2.10. The molecule has 0 saturated heterocycles. The number of methoxy groups -OCH3 is 1. The SMILES string of the molecule is COc1ccc(CCCCCCCCc2ccc(CS(=O)(=O)c3cccc(N)c3)nc2/C=C/C(=O)O)cc1. The minimum absolute atomic E-state index is 0.134. The second kappa shape index (κ2) is 14.3. The number of benzene rings is 2. The van der Waals surface area contributed by atoms with Gasteiger partial charge in [-0.3, -0.25) is 4.98 Å². The van der Waals surface area contributed by atoms with E-state index in [1.807, 2.05) is 18.2 Å². The highest BCUT2D eigenvalue weighted by molar-refractivity contribution is 7.90. The molecule has 0 aliphatic heterocycles. The zero-order valence-electron chi connectivity index (χ0n) is 21.8. The van der Waals surface area contributed by atoms with Crippen LogP contribution in [-0.4, -0.2) is 31.6 Å². The highest BCUT2D eigenvalue weighted by Gasteiger charge is 2.17. The van der Waals surface area contributed by atoms with Gasteiger partial charge < -0.3 is 15.6 Å². The molecular weight excluding hydrogens is 500 g/mol. The van der Waals surface area contributed by atoms with E-state index >= 15 is 0 Å². The van der Waals surface area contributed by atoms with Crippen LogP contribution in [0, 0.1) is 0 Å². The molecule has 0 fully saturated rings. The van der Waals surface area contributed by atoms with Gasteiger partial charge in [-0.25, -0.2) is 13.2 Å². The number of carbonyl (C=O) groups is 1. The lowest BCUT2D eigenvalue weighted by atomic mass is 10.0. The molecule has 0 atom stereocenters. The molecule has 202 valence electrons. The Hall–Kier alpha value is -3.65. The summed E-state index contributed by atoms with van der Waals surface area (Å²) < 4.78 is 30.9. The fourth-order valence-electron chi connectivity index (χ4n) is 4.26. The molecule has 0 aliphatic carbocycles.